The van der Waals surface area contributed by atoms with Crippen molar-refractivity contribution < 1.29 is 9.59 Å². The number of hydrogen-bond donors (Lipinski definition) is 0. The Morgan fingerprint density at radius 3 is 1.41 bits per heavy atom. The maximum atomic E-state index is 12.8. The average Bonchev–Trinajstić information content (AvgIpc) is 3.11. The molecule has 0 aliphatic carbocycles. The molecule has 1 fully saturated rings. The molecule has 0 atom stereocenters. The van der Waals surface area contributed by atoms with Gasteiger partial charge in [0.2, 0.25) is 0 Å². The largest absolute Gasteiger partial charge is 0.337 e. The van der Waals surface area contributed by atoms with Crippen LogP contribution in [0.1, 0.15) is 68.7 Å². The number of hydrogen-bond acceptors (Lipinski definition) is 2. The number of rotatable bonds is 6. The number of nitrogens with zero attached hydrogens (tertiary/aromatic N) is 2. The molecule has 0 aromatic rings. The van der Waals surface area contributed by atoms with E-state index in [0.29, 0.717) is 37.3 Å². The highest BCUT2D eigenvalue weighted by Crippen LogP contribution is 2.12. The smallest absolute Gasteiger partial charge is 0.253 e. The van der Waals surface area contributed by atoms with Crippen LogP contribution in [0.25, 0.3) is 0 Å². The Bertz CT molecular complexity index is 652. The van der Waals surface area contributed by atoms with E-state index in [2.05, 4.69) is 6.58 Å². The zero-order chi connectivity index (χ0) is 25.4. The van der Waals surface area contributed by atoms with E-state index < -0.39 is 0 Å². The highest BCUT2D eigenvalue weighted by atomic mass is 16.2. The first kappa shape index (κ1) is 34.0. The molecule has 4 heteroatoms. The van der Waals surface area contributed by atoms with E-state index in [9.17, 15) is 9.59 Å². The van der Waals surface area contributed by atoms with E-state index in [-0.39, 0.29) is 11.8 Å². The van der Waals surface area contributed by atoms with Gasteiger partial charge >= 0.3 is 0 Å². The third-order valence-corrected chi connectivity index (χ3v) is 4.02. The summed E-state index contributed by atoms with van der Waals surface area (Å²) in [6.07, 6.45) is 17.0. The first-order valence-corrected chi connectivity index (χ1v) is 12.1. The monoisotopic (exact) mass is 444 g/mol. The SMILES string of the molecule is C=C/C=C(\C=C/C)C(=O)N1CCCN(C(=O)C(/C=C\C)=C/C=C\C)CC1.CC.CC.CC. The molecule has 1 heterocycles. The highest BCUT2D eigenvalue weighted by Gasteiger charge is 2.23. The van der Waals surface area contributed by atoms with Crippen LogP contribution in [0.15, 0.2) is 72.4 Å². The van der Waals surface area contributed by atoms with Gasteiger partial charge in [-0.15, -0.1) is 0 Å². The van der Waals surface area contributed by atoms with Gasteiger partial charge in [0.05, 0.1) is 0 Å². The molecule has 0 N–H and O–H groups in total. The van der Waals surface area contributed by atoms with Gasteiger partial charge in [-0.3, -0.25) is 9.59 Å². The Morgan fingerprint density at radius 2 is 1.06 bits per heavy atom. The normalized spacial score (nSPS) is 14.7. The van der Waals surface area contributed by atoms with Gasteiger partial charge in [0.1, 0.15) is 0 Å². The van der Waals surface area contributed by atoms with E-state index in [1.165, 1.54) is 0 Å². The van der Waals surface area contributed by atoms with Gasteiger partial charge in [-0.25, -0.2) is 0 Å². The Labute approximate surface area is 198 Å². The average molecular weight is 445 g/mol. The van der Waals surface area contributed by atoms with Gasteiger partial charge in [-0.1, -0.05) is 96.7 Å². The molecule has 182 valence electrons. The number of allylic oxidation sites excluding steroid dienone is 7. The summed E-state index contributed by atoms with van der Waals surface area (Å²) in [5.74, 6) is -0.0127. The van der Waals surface area contributed by atoms with Crippen molar-refractivity contribution in [3.8, 4) is 0 Å². The molecular formula is C28H48N2O2. The summed E-state index contributed by atoms with van der Waals surface area (Å²) in [5, 5.41) is 0. The quantitative estimate of drug-likeness (QED) is 0.330. The lowest BCUT2D eigenvalue weighted by molar-refractivity contribution is -0.129. The highest BCUT2D eigenvalue weighted by molar-refractivity contribution is 5.97. The van der Waals surface area contributed by atoms with E-state index in [1.807, 2.05) is 109 Å². The Kier molecular flexibility index (Phi) is 26.2. The van der Waals surface area contributed by atoms with Crippen LogP contribution in [-0.2, 0) is 9.59 Å². The van der Waals surface area contributed by atoms with Gasteiger partial charge in [-0.2, -0.15) is 0 Å². The molecule has 0 aromatic heterocycles. The lowest BCUT2D eigenvalue weighted by Crippen LogP contribution is -2.38. The van der Waals surface area contributed by atoms with Gasteiger partial charge in [0, 0.05) is 37.3 Å². The predicted octanol–water partition coefficient (Wildman–Crippen LogP) is 6.89. The summed E-state index contributed by atoms with van der Waals surface area (Å²) in [4.78, 5) is 29.1. The number of carbonyl (C=O) groups excluding carboxylic acids is 2. The second-order valence-electron chi connectivity index (χ2n) is 5.94. The second kappa shape index (κ2) is 24.6. The standard InChI is InChI=1S/C22H30N2O2.3C2H6/c1-5-9-14-20(13-8-4)22(26)24-16-10-15-23(17-18-24)21(25)19(11-6-2)12-7-3;3*1-2/h5-9,11-14H,2,10,15-18H2,1,3-4H3;3*1-2H3/b9-5-,12-7-,13-8-,19-11+,20-14+;;;. The van der Waals surface area contributed by atoms with Crippen LogP contribution in [0.4, 0.5) is 0 Å². The van der Waals surface area contributed by atoms with Crippen molar-refractivity contribution >= 4 is 11.8 Å². The molecule has 2 amide bonds. The molecular weight excluding hydrogens is 396 g/mol. The summed E-state index contributed by atoms with van der Waals surface area (Å²) in [6, 6.07) is 0. The third-order valence-electron chi connectivity index (χ3n) is 4.02. The molecule has 0 spiro atoms. The zero-order valence-corrected chi connectivity index (χ0v) is 22.1. The fourth-order valence-corrected chi connectivity index (χ4v) is 2.77. The first-order chi connectivity index (χ1) is 15.6. The van der Waals surface area contributed by atoms with Crippen molar-refractivity contribution in [2.75, 3.05) is 26.2 Å². The summed E-state index contributed by atoms with van der Waals surface area (Å²) in [5.41, 5.74) is 1.27. The van der Waals surface area contributed by atoms with Crippen LogP contribution in [0, 0.1) is 0 Å². The summed E-state index contributed by atoms with van der Waals surface area (Å²) < 4.78 is 0. The Morgan fingerprint density at radius 1 is 0.656 bits per heavy atom. The molecule has 4 nitrogen and oxygen atoms in total. The second-order valence-corrected chi connectivity index (χ2v) is 5.94. The Hall–Kier alpha value is -2.62. The van der Waals surface area contributed by atoms with Crippen LogP contribution in [0.3, 0.4) is 0 Å². The molecule has 1 rings (SSSR count). The van der Waals surface area contributed by atoms with Crippen LogP contribution < -0.4 is 0 Å². The zero-order valence-electron chi connectivity index (χ0n) is 22.1. The summed E-state index contributed by atoms with van der Waals surface area (Å²) in [7, 11) is 0. The molecule has 1 aliphatic rings. The Balaban J connectivity index is -0.00000129. The fourth-order valence-electron chi connectivity index (χ4n) is 2.77. The minimum Gasteiger partial charge on any atom is -0.337 e. The van der Waals surface area contributed by atoms with Crippen LogP contribution in [0.2, 0.25) is 0 Å². The minimum absolute atomic E-state index is 0.00538. The van der Waals surface area contributed by atoms with Crippen LogP contribution >= 0.6 is 0 Å². The topological polar surface area (TPSA) is 40.6 Å². The van der Waals surface area contributed by atoms with Gasteiger partial charge < -0.3 is 9.80 Å². The summed E-state index contributed by atoms with van der Waals surface area (Å²) >= 11 is 0. The third kappa shape index (κ3) is 13.6. The molecule has 1 aliphatic heterocycles. The maximum Gasteiger partial charge on any atom is 0.253 e. The molecule has 0 saturated carbocycles. The fraction of sp³-hybridized carbons (Fsp3) is 0.500. The molecule has 1 saturated heterocycles. The minimum atomic E-state index is -0.0181. The molecule has 32 heavy (non-hydrogen) atoms. The van der Waals surface area contributed by atoms with Gasteiger partial charge in [0.25, 0.3) is 11.8 Å². The molecule has 0 unspecified atom stereocenters. The van der Waals surface area contributed by atoms with Crippen molar-refractivity contribution in [3.63, 3.8) is 0 Å². The first-order valence-electron chi connectivity index (χ1n) is 12.1. The van der Waals surface area contributed by atoms with Crippen molar-refractivity contribution in [1.29, 1.82) is 0 Å². The molecule has 0 radical (unpaired) electrons. The van der Waals surface area contributed by atoms with E-state index in [1.54, 1.807) is 18.2 Å². The van der Waals surface area contributed by atoms with E-state index in [0.717, 1.165) is 6.42 Å². The van der Waals surface area contributed by atoms with Crippen molar-refractivity contribution in [1.82, 2.24) is 9.80 Å². The van der Waals surface area contributed by atoms with Crippen molar-refractivity contribution in [2.45, 2.75) is 68.7 Å². The maximum absolute atomic E-state index is 12.8. The predicted molar refractivity (Wildman–Crippen MR) is 143 cm³/mol. The lowest BCUT2D eigenvalue weighted by atomic mass is 10.2. The van der Waals surface area contributed by atoms with Crippen LogP contribution in [-0.4, -0.2) is 47.8 Å². The van der Waals surface area contributed by atoms with Gasteiger partial charge in [0.15, 0.2) is 0 Å². The number of carbonyl (C=O) groups is 2. The van der Waals surface area contributed by atoms with Gasteiger partial charge in [-0.05, 0) is 33.3 Å². The molecule has 0 bridgehead atoms. The summed E-state index contributed by atoms with van der Waals surface area (Å²) in [6.45, 7) is 23.7. The van der Waals surface area contributed by atoms with E-state index in [4.69, 9.17) is 0 Å². The number of amides is 2. The van der Waals surface area contributed by atoms with Crippen molar-refractivity contribution in [2.24, 2.45) is 0 Å². The van der Waals surface area contributed by atoms with Crippen LogP contribution in [0.5, 0.6) is 0 Å². The van der Waals surface area contributed by atoms with Crippen molar-refractivity contribution in [3.05, 3.63) is 72.4 Å². The molecule has 0 aromatic carbocycles. The van der Waals surface area contributed by atoms with E-state index >= 15 is 0 Å². The lowest BCUT2D eigenvalue weighted by Gasteiger charge is -2.23.